The van der Waals surface area contributed by atoms with Crippen LogP contribution >= 0.6 is 23.2 Å². The highest BCUT2D eigenvalue weighted by atomic mass is 35.5. The Balaban J connectivity index is 1.67. The normalized spacial score (nSPS) is 18.6. The first kappa shape index (κ1) is 17.3. The molecule has 3 N–H and O–H groups in total. The molecule has 1 aliphatic heterocycles. The number of guanidine groups is 1. The maximum atomic E-state index is 12.4. The van der Waals surface area contributed by atoms with Crippen molar-refractivity contribution in [1.82, 2.24) is 10.6 Å². The van der Waals surface area contributed by atoms with Gasteiger partial charge in [0.25, 0.3) is 0 Å². The number of furan rings is 1. The highest BCUT2D eigenvalue weighted by Gasteiger charge is 2.28. The molecule has 0 radical (unpaired) electrons. The molecule has 1 aliphatic rings. The zero-order valence-corrected chi connectivity index (χ0v) is 14.4. The van der Waals surface area contributed by atoms with E-state index in [0.29, 0.717) is 21.5 Å². The van der Waals surface area contributed by atoms with Crippen molar-refractivity contribution in [2.24, 2.45) is 4.99 Å². The predicted octanol–water partition coefficient (Wildman–Crippen LogP) is 2.56. The molecular formula is C16H14Cl2N4O3. The fraction of sp³-hybridized carbons (Fsp3) is 0.188. The minimum Gasteiger partial charge on any atom is -0.467 e. The molecule has 0 aliphatic carbocycles. The van der Waals surface area contributed by atoms with Gasteiger partial charge in [-0.2, -0.15) is 0 Å². The van der Waals surface area contributed by atoms with E-state index in [9.17, 15) is 9.59 Å². The second kappa shape index (κ2) is 7.58. The quantitative estimate of drug-likeness (QED) is 0.759. The number of amides is 2. The van der Waals surface area contributed by atoms with Crippen LogP contribution in [-0.4, -0.2) is 23.8 Å². The van der Waals surface area contributed by atoms with Gasteiger partial charge in [0.1, 0.15) is 18.3 Å². The molecule has 130 valence electrons. The van der Waals surface area contributed by atoms with Gasteiger partial charge in [-0.15, -0.1) is 0 Å². The molecule has 1 fully saturated rings. The van der Waals surface area contributed by atoms with Gasteiger partial charge in [-0.25, -0.2) is 4.99 Å². The lowest BCUT2D eigenvalue weighted by atomic mass is 10.1. The van der Waals surface area contributed by atoms with E-state index in [1.807, 2.05) is 0 Å². The third-order valence-electron chi connectivity index (χ3n) is 3.44. The Morgan fingerprint density at radius 2 is 2.20 bits per heavy atom. The number of halogens is 2. The largest absolute Gasteiger partial charge is 0.467 e. The molecule has 0 bridgehead atoms. The summed E-state index contributed by atoms with van der Waals surface area (Å²) in [5, 5.41) is 8.92. The van der Waals surface area contributed by atoms with Gasteiger partial charge in [0.15, 0.2) is 5.96 Å². The van der Waals surface area contributed by atoms with Crippen molar-refractivity contribution in [1.29, 1.82) is 0 Å². The van der Waals surface area contributed by atoms with E-state index in [0.717, 1.165) is 0 Å². The van der Waals surface area contributed by atoms with Crippen LogP contribution in [-0.2, 0) is 16.1 Å². The number of aliphatic imine (C=N–C) groups is 1. The van der Waals surface area contributed by atoms with Crippen molar-refractivity contribution in [2.45, 2.75) is 19.0 Å². The molecule has 2 heterocycles. The Bertz CT molecular complexity index is 821. The predicted molar refractivity (Wildman–Crippen MR) is 94.6 cm³/mol. The molecule has 1 atom stereocenters. The monoisotopic (exact) mass is 380 g/mol. The summed E-state index contributed by atoms with van der Waals surface area (Å²) in [6.07, 6.45) is 1.52. The van der Waals surface area contributed by atoms with Crippen molar-refractivity contribution in [3.8, 4) is 0 Å². The summed E-state index contributed by atoms with van der Waals surface area (Å²) >= 11 is 11.9. The van der Waals surface area contributed by atoms with Crippen LogP contribution in [0.5, 0.6) is 0 Å². The van der Waals surface area contributed by atoms with Gasteiger partial charge in [0.05, 0.1) is 23.4 Å². The summed E-state index contributed by atoms with van der Waals surface area (Å²) in [6.45, 7) is 0.243. The maximum absolute atomic E-state index is 12.4. The summed E-state index contributed by atoms with van der Waals surface area (Å²) in [5.41, 5.74) is 0.415. The van der Waals surface area contributed by atoms with E-state index in [4.69, 9.17) is 27.6 Å². The Morgan fingerprint density at radius 1 is 1.36 bits per heavy atom. The molecule has 2 amide bonds. The smallest absolute Gasteiger partial charge is 0.247 e. The second-order valence-corrected chi connectivity index (χ2v) is 6.15. The summed E-state index contributed by atoms with van der Waals surface area (Å²) in [4.78, 5) is 28.4. The van der Waals surface area contributed by atoms with Crippen LogP contribution < -0.4 is 16.0 Å². The van der Waals surface area contributed by atoms with Crippen LogP contribution in [0.3, 0.4) is 0 Å². The lowest BCUT2D eigenvalue weighted by Gasteiger charge is -2.25. The van der Waals surface area contributed by atoms with Crippen molar-refractivity contribution >= 4 is 46.7 Å². The standard InChI is InChI=1S/C16H14Cl2N4O3/c17-9-3-4-12(11(18)6-9)20-15(24)13-7-14(23)22-16(21-13)19-8-10-2-1-5-25-10/h1-6,13H,7-8H2,(H,20,24)(H2,19,21,22,23)/t13-/m0/s1. The Labute approximate surface area is 153 Å². The number of nitrogens with zero attached hydrogens (tertiary/aromatic N) is 1. The van der Waals surface area contributed by atoms with Crippen LogP contribution in [0.4, 0.5) is 5.69 Å². The lowest BCUT2D eigenvalue weighted by molar-refractivity contribution is -0.125. The first-order chi connectivity index (χ1) is 12.0. The highest BCUT2D eigenvalue weighted by molar-refractivity contribution is 6.36. The van der Waals surface area contributed by atoms with Gasteiger partial charge in [0, 0.05) is 5.02 Å². The fourth-order valence-corrected chi connectivity index (χ4v) is 2.69. The minimum atomic E-state index is -0.768. The molecule has 0 spiro atoms. The SMILES string of the molecule is O=C1C[C@@H](C(=O)Nc2ccc(Cl)cc2Cl)NC(=NCc2ccco2)N1. The third-order valence-corrected chi connectivity index (χ3v) is 3.98. The summed E-state index contributed by atoms with van der Waals surface area (Å²) in [7, 11) is 0. The van der Waals surface area contributed by atoms with E-state index in [1.165, 1.54) is 12.3 Å². The zero-order chi connectivity index (χ0) is 17.8. The summed E-state index contributed by atoms with van der Waals surface area (Å²) < 4.78 is 5.18. The van der Waals surface area contributed by atoms with Gasteiger partial charge in [0.2, 0.25) is 11.8 Å². The topological polar surface area (TPSA) is 95.7 Å². The number of carbonyl (C=O) groups is 2. The number of hydrogen-bond acceptors (Lipinski definition) is 4. The lowest BCUT2D eigenvalue weighted by Crippen LogP contribution is -2.57. The first-order valence-electron chi connectivity index (χ1n) is 7.40. The highest BCUT2D eigenvalue weighted by Crippen LogP contribution is 2.25. The molecule has 0 saturated carbocycles. The molecule has 3 rings (SSSR count). The van der Waals surface area contributed by atoms with Gasteiger partial charge in [-0.1, -0.05) is 23.2 Å². The molecule has 1 aromatic heterocycles. The average molecular weight is 381 g/mol. The minimum absolute atomic E-state index is 0.0170. The van der Waals surface area contributed by atoms with Crippen LogP contribution in [0, 0.1) is 0 Å². The van der Waals surface area contributed by atoms with E-state index < -0.39 is 11.9 Å². The number of hydrogen-bond donors (Lipinski definition) is 3. The molecule has 0 unspecified atom stereocenters. The van der Waals surface area contributed by atoms with Gasteiger partial charge >= 0.3 is 0 Å². The molecule has 7 nitrogen and oxygen atoms in total. The van der Waals surface area contributed by atoms with Crippen LogP contribution in [0.25, 0.3) is 0 Å². The maximum Gasteiger partial charge on any atom is 0.247 e. The number of nitrogens with one attached hydrogen (secondary N) is 3. The molecular weight excluding hydrogens is 367 g/mol. The summed E-state index contributed by atoms with van der Waals surface area (Å²) in [6, 6.07) is 7.47. The molecule has 2 aromatic rings. The Kier molecular flexibility index (Phi) is 5.25. The van der Waals surface area contributed by atoms with Crippen molar-refractivity contribution < 1.29 is 14.0 Å². The zero-order valence-electron chi connectivity index (χ0n) is 12.9. The molecule has 1 saturated heterocycles. The van der Waals surface area contributed by atoms with Crippen molar-refractivity contribution in [2.75, 3.05) is 5.32 Å². The third kappa shape index (κ3) is 4.52. The average Bonchev–Trinajstić information content (AvgIpc) is 3.08. The van der Waals surface area contributed by atoms with E-state index in [1.54, 1.807) is 24.3 Å². The van der Waals surface area contributed by atoms with Crippen molar-refractivity contribution in [3.05, 3.63) is 52.4 Å². The van der Waals surface area contributed by atoms with Crippen LogP contribution in [0.1, 0.15) is 12.2 Å². The van der Waals surface area contributed by atoms with E-state index >= 15 is 0 Å². The Morgan fingerprint density at radius 3 is 2.92 bits per heavy atom. The summed E-state index contributed by atoms with van der Waals surface area (Å²) in [5.74, 6) is 0.155. The van der Waals surface area contributed by atoms with E-state index in [2.05, 4.69) is 20.9 Å². The second-order valence-electron chi connectivity index (χ2n) is 5.31. The number of benzene rings is 1. The van der Waals surface area contributed by atoms with Crippen molar-refractivity contribution in [3.63, 3.8) is 0 Å². The number of rotatable bonds is 4. The molecule has 1 aromatic carbocycles. The Hall–Kier alpha value is -2.51. The van der Waals surface area contributed by atoms with Gasteiger partial charge < -0.3 is 15.1 Å². The number of carbonyl (C=O) groups excluding carboxylic acids is 2. The fourth-order valence-electron chi connectivity index (χ4n) is 2.23. The molecule has 9 heteroatoms. The van der Waals surface area contributed by atoms with Crippen LogP contribution in [0.2, 0.25) is 10.0 Å². The van der Waals surface area contributed by atoms with Gasteiger partial charge in [-0.05, 0) is 30.3 Å². The van der Waals surface area contributed by atoms with E-state index in [-0.39, 0.29) is 24.8 Å². The molecule has 25 heavy (non-hydrogen) atoms. The van der Waals surface area contributed by atoms with Crippen LogP contribution in [0.15, 0.2) is 46.0 Å². The van der Waals surface area contributed by atoms with Gasteiger partial charge in [-0.3, -0.25) is 14.9 Å². The number of anilines is 1. The first-order valence-corrected chi connectivity index (χ1v) is 8.16.